The number of rotatable bonds is 4. The van der Waals surface area contributed by atoms with Crippen molar-refractivity contribution in [1.29, 1.82) is 0 Å². The van der Waals surface area contributed by atoms with Gasteiger partial charge in [0.1, 0.15) is 0 Å². The van der Waals surface area contributed by atoms with Gasteiger partial charge in [-0.25, -0.2) is 4.98 Å². The van der Waals surface area contributed by atoms with Crippen LogP contribution in [-0.2, 0) is 9.53 Å². The zero-order valence-corrected chi connectivity index (χ0v) is 15.4. The summed E-state index contributed by atoms with van der Waals surface area (Å²) in [6.45, 7) is 6.87. The number of aryl methyl sites for hydroxylation is 1. The lowest BCUT2D eigenvalue weighted by Crippen LogP contribution is -2.43. The summed E-state index contributed by atoms with van der Waals surface area (Å²) < 4.78 is 6.67. The number of aromatic nitrogens is 4. The number of hydrogen-bond acceptors (Lipinski definition) is 7. The van der Waals surface area contributed by atoms with E-state index >= 15 is 0 Å². The molecule has 1 fully saturated rings. The van der Waals surface area contributed by atoms with Gasteiger partial charge in [-0.1, -0.05) is 5.21 Å². The second-order valence-electron chi connectivity index (χ2n) is 6.03. The van der Waals surface area contributed by atoms with Crippen LogP contribution < -0.4 is 0 Å². The molecule has 0 saturated carbocycles. The number of ether oxygens (including phenoxy) is 1. The van der Waals surface area contributed by atoms with Crippen LogP contribution in [0.5, 0.6) is 0 Å². The molecule has 2 aromatic rings. The van der Waals surface area contributed by atoms with E-state index in [1.54, 1.807) is 29.6 Å². The van der Waals surface area contributed by atoms with Gasteiger partial charge in [-0.05, 0) is 33.6 Å². The third-order valence-corrected chi connectivity index (χ3v) is 5.10. The van der Waals surface area contributed by atoms with Gasteiger partial charge in [-0.15, -0.1) is 16.4 Å². The van der Waals surface area contributed by atoms with Crippen LogP contribution in [-0.4, -0.2) is 56.5 Å². The molecule has 1 amide bonds. The molecule has 0 radical (unpaired) electrons. The molecular formula is C16H21N5O3S. The van der Waals surface area contributed by atoms with Crippen LogP contribution in [0, 0.1) is 19.8 Å². The van der Waals surface area contributed by atoms with Crippen LogP contribution in [0.3, 0.4) is 0 Å². The second kappa shape index (κ2) is 7.30. The standard InChI is InChI=1S/C16H21N5O3S/c1-4-24-15(23)12-6-5-7-20(9-12)14(22)13-11(3)21(19-18-13)16-17-8-10(2)25-16/h8,12H,4-7,9H2,1-3H3/t12-/m0/s1. The highest BCUT2D eigenvalue weighted by atomic mass is 32.1. The number of carbonyl (C=O) groups is 2. The van der Waals surface area contributed by atoms with Crippen molar-refractivity contribution in [2.75, 3.05) is 19.7 Å². The fourth-order valence-electron chi connectivity index (χ4n) is 2.91. The normalized spacial score (nSPS) is 17.6. The fraction of sp³-hybridized carbons (Fsp3) is 0.562. The Morgan fingerprint density at radius 2 is 2.20 bits per heavy atom. The van der Waals surface area contributed by atoms with E-state index < -0.39 is 0 Å². The highest BCUT2D eigenvalue weighted by molar-refractivity contribution is 7.13. The minimum Gasteiger partial charge on any atom is -0.466 e. The topological polar surface area (TPSA) is 90.2 Å². The van der Waals surface area contributed by atoms with Crippen molar-refractivity contribution in [1.82, 2.24) is 24.9 Å². The van der Waals surface area contributed by atoms with Gasteiger partial charge >= 0.3 is 5.97 Å². The molecule has 2 aromatic heterocycles. The Balaban J connectivity index is 1.77. The van der Waals surface area contributed by atoms with Crippen molar-refractivity contribution in [2.45, 2.75) is 33.6 Å². The molecule has 1 aliphatic rings. The van der Waals surface area contributed by atoms with E-state index in [1.165, 1.54) is 11.3 Å². The number of thiazole rings is 1. The summed E-state index contributed by atoms with van der Waals surface area (Å²) in [6, 6.07) is 0. The number of carbonyl (C=O) groups excluding carboxylic acids is 2. The maximum Gasteiger partial charge on any atom is 0.310 e. The Bertz CT molecular complexity index is 785. The predicted molar refractivity (Wildman–Crippen MR) is 91.8 cm³/mol. The van der Waals surface area contributed by atoms with E-state index in [-0.39, 0.29) is 17.8 Å². The molecule has 0 bridgehead atoms. The van der Waals surface area contributed by atoms with Gasteiger partial charge < -0.3 is 9.64 Å². The van der Waals surface area contributed by atoms with E-state index in [4.69, 9.17) is 4.74 Å². The maximum absolute atomic E-state index is 12.8. The largest absolute Gasteiger partial charge is 0.466 e. The Kier molecular flexibility index (Phi) is 5.12. The molecule has 0 N–H and O–H groups in total. The number of amides is 1. The molecule has 0 spiro atoms. The number of nitrogens with zero attached hydrogens (tertiary/aromatic N) is 5. The van der Waals surface area contributed by atoms with Crippen LogP contribution in [0.25, 0.3) is 5.13 Å². The number of piperidine rings is 1. The van der Waals surface area contributed by atoms with E-state index in [0.717, 1.165) is 17.7 Å². The molecule has 1 aliphatic heterocycles. The summed E-state index contributed by atoms with van der Waals surface area (Å²) in [7, 11) is 0. The smallest absolute Gasteiger partial charge is 0.310 e. The first kappa shape index (κ1) is 17.5. The molecule has 8 nitrogen and oxygen atoms in total. The van der Waals surface area contributed by atoms with E-state index in [9.17, 15) is 9.59 Å². The summed E-state index contributed by atoms with van der Waals surface area (Å²) in [4.78, 5) is 31.8. The monoisotopic (exact) mass is 363 g/mol. The van der Waals surface area contributed by atoms with Crippen molar-refractivity contribution in [3.63, 3.8) is 0 Å². The summed E-state index contributed by atoms with van der Waals surface area (Å²) in [5.74, 6) is -0.709. The number of esters is 1. The first-order chi connectivity index (χ1) is 12.0. The predicted octanol–water partition coefficient (Wildman–Crippen LogP) is 1.76. The van der Waals surface area contributed by atoms with Gasteiger partial charge in [-0.3, -0.25) is 9.59 Å². The zero-order chi connectivity index (χ0) is 18.0. The molecule has 0 aliphatic carbocycles. The Labute approximate surface area is 149 Å². The zero-order valence-electron chi connectivity index (χ0n) is 14.6. The van der Waals surface area contributed by atoms with Crippen LogP contribution in [0.4, 0.5) is 0 Å². The highest BCUT2D eigenvalue weighted by Gasteiger charge is 2.32. The van der Waals surface area contributed by atoms with E-state index in [1.807, 2.05) is 6.92 Å². The second-order valence-corrected chi connectivity index (χ2v) is 7.24. The number of likely N-dealkylation sites (tertiary alicyclic amines) is 1. The van der Waals surface area contributed by atoms with Gasteiger partial charge in [0.15, 0.2) is 5.69 Å². The van der Waals surface area contributed by atoms with Crippen molar-refractivity contribution in [3.05, 3.63) is 22.5 Å². The lowest BCUT2D eigenvalue weighted by molar-refractivity contribution is -0.149. The van der Waals surface area contributed by atoms with E-state index in [2.05, 4.69) is 15.3 Å². The molecule has 1 saturated heterocycles. The summed E-state index contributed by atoms with van der Waals surface area (Å²) in [5.41, 5.74) is 0.954. The third kappa shape index (κ3) is 3.55. The Morgan fingerprint density at radius 3 is 2.88 bits per heavy atom. The highest BCUT2D eigenvalue weighted by Crippen LogP contribution is 2.22. The first-order valence-electron chi connectivity index (χ1n) is 8.32. The van der Waals surface area contributed by atoms with Gasteiger partial charge in [0, 0.05) is 24.2 Å². The molecule has 0 unspecified atom stereocenters. The molecule has 9 heteroatoms. The summed E-state index contributed by atoms with van der Waals surface area (Å²) in [6.07, 6.45) is 3.28. The SMILES string of the molecule is CCOC(=O)[C@H]1CCCN(C(=O)c2nnn(-c3ncc(C)s3)c2C)C1. The van der Waals surface area contributed by atoms with Crippen molar-refractivity contribution in [2.24, 2.45) is 5.92 Å². The van der Waals surface area contributed by atoms with Crippen LogP contribution >= 0.6 is 11.3 Å². The van der Waals surface area contributed by atoms with Gasteiger partial charge in [0.25, 0.3) is 5.91 Å². The summed E-state index contributed by atoms with van der Waals surface area (Å²) in [5, 5.41) is 8.81. The van der Waals surface area contributed by atoms with Crippen LogP contribution in [0.1, 0.15) is 40.8 Å². The summed E-state index contributed by atoms with van der Waals surface area (Å²) >= 11 is 1.49. The number of hydrogen-bond donors (Lipinski definition) is 0. The van der Waals surface area contributed by atoms with E-state index in [0.29, 0.717) is 36.2 Å². The lowest BCUT2D eigenvalue weighted by Gasteiger charge is -2.31. The maximum atomic E-state index is 12.8. The molecular weight excluding hydrogens is 342 g/mol. The fourth-order valence-corrected chi connectivity index (χ4v) is 3.67. The minimum absolute atomic E-state index is 0.203. The van der Waals surface area contributed by atoms with Gasteiger partial charge in [-0.2, -0.15) is 4.68 Å². The third-order valence-electron chi connectivity index (χ3n) is 4.22. The first-order valence-corrected chi connectivity index (χ1v) is 9.14. The Hall–Kier alpha value is -2.29. The lowest BCUT2D eigenvalue weighted by atomic mass is 9.98. The van der Waals surface area contributed by atoms with Crippen LogP contribution in [0.15, 0.2) is 6.20 Å². The van der Waals surface area contributed by atoms with Crippen molar-refractivity contribution in [3.8, 4) is 5.13 Å². The average Bonchev–Trinajstić information content (AvgIpc) is 3.20. The minimum atomic E-state index is -0.269. The molecule has 3 rings (SSSR count). The van der Waals surface area contributed by atoms with Gasteiger partial charge in [0.05, 0.1) is 18.2 Å². The average molecular weight is 363 g/mol. The molecule has 1 atom stereocenters. The molecule has 3 heterocycles. The van der Waals surface area contributed by atoms with Gasteiger partial charge in [0.2, 0.25) is 5.13 Å². The molecule has 25 heavy (non-hydrogen) atoms. The molecule has 134 valence electrons. The van der Waals surface area contributed by atoms with Crippen molar-refractivity contribution < 1.29 is 14.3 Å². The Morgan fingerprint density at radius 1 is 1.40 bits per heavy atom. The van der Waals surface area contributed by atoms with Crippen LogP contribution in [0.2, 0.25) is 0 Å². The quantitative estimate of drug-likeness (QED) is 0.769. The molecule has 0 aromatic carbocycles. The van der Waals surface area contributed by atoms with Crippen molar-refractivity contribution >= 4 is 23.2 Å².